The molecule has 110 valence electrons. The van der Waals surface area contributed by atoms with E-state index in [0.29, 0.717) is 23.8 Å². The smallest absolute Gasteiger partial charge is 0.356 e. The summed E-state index contributed by atoms with van der Waals surface area (Å²) in [7, 11) is 3.29. The average molecular weight is 290 g/mol. The lowest BCUT2D eigenvalue weighted by Gasteiger charge is -2.11. The van der Waals surface area contributed by atoms with Gasteiger partial charge >= 0.3 is 5.97 Å². The molecule has 1 aromatic heterocycles. The highest BCUT2D eigenvalue weighted by molar-refractivity contribution is 5.87. The van der Waals surface area contributed by atoms with Gasteiger partial charge in [-0.2, -0.15) is 5.10 Å². The van der Waals surface area contributed by atoms with Gasteiger partial charge in [-0.1, -0.05) is 0 Å². The Labute approximate surface area is 120 Å². The minimum absolute atomic E-state index is 0.00599. The predicted molar refractivity (Wildman–Crippen MR) is 72.4 cm³/mol. The number of carboxylic acids is 1. The van der Waals surface area contributed by atoms with Crippen molar-refractivity contribution in [2.24, 2.45) is 7.05 Å². The Morgan fingerprint density at radius 1 is 1.48 bits per heavy atom. The number of ether oxygens (including phenoxy) is 3. The van der Waals surface area contributed by atoms with Crippen molar-refractivity contribution >= 4 is 5.97 Å². The number of aromatic nitrogens is 2. The number of fused-ring (bicyclic) bond motifs is 1. The van der Waals surface area contributed by atoms with Crippen molar-refractivity contribution in [3.63, 3.8) is 0 Å². The molecule has 0 saturated carbocycles. The lowest BCUT2D eigenvalue weighted by Crippen LogP contribution is -2.01. The van der Waals surface area contributed by atoms with Crippen molar-refractivity contribution in [2.45, 2.75) is 6.61 Å². The number of benzene rings is 1. The number of methoxy groups -OCH3 is 1. The van der Waals surface area contributed by atoms with Gasteiger partial charge in [0.1, 0.15) is 0 Å². The number of hydrogen-bond donors (Lipinski definition) is 1. The molecule has 1 aromatic carbocycles. The molecule has 3 rings (SSSR count). The number of hydrogen-bond acceptors (Lipinski definition) is 5. The molecule has 7 heteroatoms. The fraction of sp³-hybridized carbons (Fsp3) is 0.286. The van der Waals surface area contributed by atoms with Crippen molar-refractivity contribution in [3.8, 4) is 22.8 Å². The molecule has 2 heterocycles. The first-order chi connectivity index (χ1) is 10.1. The van der Waals surface area contributed by atoms with Crippen LogP contribution < -0.4 is 9.47 Å². The molecular weight excluding hydrogens is 276 g/mol. The van der Waals surface area contributed by atoms with Gasteiger partial charge in [-0.15, -0.1) is 0 Å². The van der Waals surface area contributed by atoms with Crippen LogP contribution in [0.2, 0.25) is 0 Å². The van der Waals surface area contributed by atoms with Crippen LogP contribution in [0.25, 0.3) is 11.3 Å². The third-order valence-corrected chi connectivity index (χ3v) is 3.31. The summed E-state index contributed by atoms with van der Waals surface area (Å²) in [6.45, 7) is 0.497. The van der Waals surface area contributed by atoms with Crippen molar-refractivity contribution in [1.82, 2.24) is 9.78 Å². The molecule has 0 radical (unpaired) electrons. The molecule has 2 aromatic rings. The minimum atomic E-state index is -1.06. The van der Waals surface area contributed by atoms with E-state index in [9.17, 15) is 4.79 Å². The molecular formula is C14H14N2O5. The van der Waals surface area contributed by atoms with Gasteiger partial charge in [0.05, 0.1) is 12.3 Å². The standard InChI is InChI=1S/C14H14N2O5/c1-16-11(5-10(15-16)14(17)18)8-3-4-12-13(21-7-20-12)9(8)6-19-2/h3-5H,6-7H2,1-2H3,(H,17,18). The molecule has 0 atom stereocenters. The molecule has 1 N–H and O–H groups in total. The average Bonchev–Trinajstić information content (AvgIpc) is 3.06. The summed E-state index contributed by atoms with van der Waals surface area (Å²) in [6.07, 6.45) is 0. The van der Waals surface area contributed by atoms with E-state index in [1.165, 1.54) is 10.7 Å². The molecule has 1 aliphatic rings. The molecule has 0 spiro atoms. The van der Waals surface area contributed by atoms with Crippen LogP contribution in [0.3, 0.4) is 0 Å². The summed E-state index contributed by atoms with van der Waals surface area (Å²) in [5.74, 6) is 0.227. The maximum absolute atomic E-state index is 11.1. The summed E-state index contributed by atoms with van der Waals surface area (Å²) >= 11 is 0. The Morgan fingerprint density at radius 3 is 2.95 bits per heavy atom. The van der Waals surface area contributed by atoms with Crippen molar-refractivity contribution in [2.75, 3.05) is 13.9 Å². The van der Waals surface area contributed by atoms with Crippen LogP contribution in [0, 0.1) is 0 Å². The second-order valence-electron chi connectivity index (χ2n) is 4.60. The predicted octanol–water partition coefficient (Wildman–Crippen LogP) is 1.66. The maximum Gasteiger partial charge on any atom is 0.356 e. The third-order valence-electron chi connectivity index (χ3n) is 3.31. The van der Waals surface area contributed by atoms with E-state index in [0.717, 1.165) is 11.1 Å². The summed E-state index contributed by atoms with van der Waals surface area (Å²) in [6, 6.07) is 5.17. The quantitative estimate of drug-likeness (QED) is 0.922. The molecule has 0 fully saturated rings. The van der Waals surface area contributed by atoms with E-state index in [1.807, 2.05) is 6.07 Å². The van der Waals surface area contributed by atoms with Crippen molar-refractivity contribution in [3.05, 3.63) is 29.5 Å². The van der Waals surface area contributed by atoms with Gasteiger partial charge in [0, 0.05) is 25.3 Å². The van der Waals surface area contributed by atoms with Crippen LogP contribution in [0.5, 0.6) is 11.5 Å². The number of carbonyl (C=O) groups is 1. The Bertz CT molecular complexity index is 708. The number of rotatable bonds is 4. The normalized spacial score (nSPS) is 12.7. The highest BCUT2D eigenvalue weighted by atomic mass is 16.7. The molecule has 0 amide bonds. The number of aryl methyl sites for hydroxylation is 1. The second-order valence-corrected chi connectivity index (χ2v) is 4.60. The van der Waals surface area contributed by atoms with Crippen LogP contribution in [0.4, 0.5) is 0 Å². The number of nitrogens with zero attached hydrogens (tertiary/aromatic N) is 2. The van der Waals surface area contributed by atoms with Gasteiger partial charge in [0.15, 0.2) is 17.2 Å². The molecule has 0 aliphatic carbocycles. The number of aromatic carboxylic acids is 1. The van der Waals surface area contributed by atoms with Crippen LogP contribution in [0.15, 0.2) is 18.2 Å². The lowest BCUT2D eigenvalue weighted by atomic mass is 10.0. The summed E-state index contributed by atoms with van der Waals surface area (Å²) in [5.41, 5.74) is 2.29. The third kappa shape index (κ3) is 2.21. The zero-order chi connectivity index (χ0) is 15.0. The van der Waals surface area contributed by atoms with Gasteiger partial charge in [0.25, 0.3) is 0 Å². The van der Waals surface area contributed by atoms with Crippen LogP contribution in [-0.2, 0) is 18.4 Å². The Balaban J connectivity index is 2.16. The van der Waals surface area contributed by atoms with Gasteiger partial charge in [-0.3, -0.25) is 4.68 Å². The molecule has 1 aliphatic heterocycles. The van der Waals surface area contributed by atoms with Gasteiger partial charge in [-0.25, -0.2) is 4.79 Å². The van der Waals surface area contributed by atoms with E-state index in [2.05, 4.69) is 5.10 Å². The van der Waals surface area contributed by atoms with E-state index < -0.39 is 5.97 Å². The molecule has 0 bridgehead atoms. The highest BCUT2D eigenvalue weighted by Crippen LogP contribution is 2.41. The van der Waals surface area contributed by atoms with Crippen molar-refractivity contribution < 1.29 is 24.1 Å². The summed E-state index contributed by atoms with van der Waals surface area (Å²) in [4.78, 5) is 11.1. The highest BCUT2D eigenvalue weighted by Gasteiger charge is 2.23. The van der Waals surface area contributed by atoms with Gasteiger partial charge < -0.3 is 19.3 Å². The Kier molecular flexibility index (Phi) is 3.26. The summed E-state index contributed by atoms with van der Waals surface area (Å²) in [5, 5.41) is 13.0. The van der Waals surface area contributed by atoms with E-state index in [1.54, 1.807) is 20.2 Å². The lowest BCUT2D eigenvalue weighted by molar-refractivity contribution is 0.0689. The minimum Gasteiger partial charge on any atom is -0.476 e. The monoisotopic (exact) mass is 290 g/mol. The van der Waals surface area contributed by atoms with Gasteiger partial charge in [-0.05, 0) is 18.2 Å². The maximum atomic E-state index is 11.1. The molecule has 0 saturated heterocycles. The van der Waals surface area contributed by atoms with Crippen LogP contribution >= 0.6 is 0 Å². The van der Waals surface area contributed by atoms with E-state index in [-0.39, 0.29) is 12.5 Å². The topological polar surface area (TPSA) is 82.8 Å². The van der Waals surface area contributed by atoms with Gasteiger partial charge in [0.2, 0.25) is 6.79 Å². The van der Waals surface area contributed by atoms with E-state index in [4.69, 9.17) is 19.3 Å². The Hall–Kier alpha value is -2.54. The summed E-state index contributed by atoms with van der Waals surface area (Å²) < 4.78 is 17.6. The Morgan fingerprint density at radius 2 is 2.29 bits per heavy atom. The van der Waals surface area contributed by atoms with E-state index >= 15 is 0 Å². The zero-order valence-electron chi connectivity index (χ0n) is 11.6. The van der Waals surface area contributed by atoms with Crippen LogP contribution in [0.1, 0.15) is 16.1 Å². The van der Waals surface area contributed by atoms with Crippen molar-refractivity contribution in [1.29, 1.82) is 0 Å². The molecule has 0 unspecified atom stereocenters. The first-order valence-electron chi connectivity index (χ1n) is 6.30. The molecule has 7 nitrogen and oxygen atoms in total. The number of carboxylic acid groups (broad SMARTS) is 1. The second kappa shape index (κ2) is 5.10. The molecule has 21 heavy (non-hydrogen) atoms. The largest absolute Gasteiger partial charge is 0.476 e. The SMILES string of the molecule is COCc1c(-c2cc(C(=O)O)nn2C)ccc2c1OCO2. The van der Waals surface area contributed by atoms with Crippen LogP contribution in [-0.4, -0.2) is 34.8 Å². The fourth-order valence-electron chi connectivity index (χ4n) is 2.38. The zero-order valence-corrected chi connectivity index (χ0v) is 11.6. The first kappa shape index (κ1) is 13.4. The first-order valence-corrected chi connectivity index (χ1v) is 6.30. The fourth-order valence-corrected chi connectivity index (χ4v) is 2.38.